The van der Waals surface area contributed by atoms with Gasteiger partial charge in [0, 0.05) is 37.8 Å². The lowest BCUT2D eigenvalue weighted by molar-refractivity contribution is 0.115. The second kappa shape index (κ2) is 6.30. The molecule has 0 spiro atoms. The molecule has 3 aromatic heterocycles. The van der Waals surface area contributed by atoms with E-state index in [0.29, 0.717) is 0 Å². The summed E-state index contributed by atoms with van der Waals surface area (Å²) >= 11 is 0. The van der Waals surface area contributed by atoms with E-state index in [4.69, 9.17) is 10.5 Å². The van der Waals surface area contributed by atoms with E-state index < -0.39 is 0 Å². The number of aromatic amines is 1. The quantitative estimate of drug-likeness (QED) is 0.654. The SMILES string of the molecule is COC1CC(CO)N(c2ccnc3[nH]cc(-c4ccnc(N)n4)c23)C1. The molecular formula is C17H20N6O2. The predicted molar refractivity (Wildman–Crippen MR) is 95.2 cm³/mol. The first-order valence-electron chi connectivity index (χ1n) is 8.16. The molecule has 0 amide bonds. The van der Waals surface area contributed by atoms with E-state index in [2.05, 4.69) is 24.8 Å². The fourth-order valence-electron chi connectivity index (χ4n) is 3.52. The lowest BCUT2D eigenvalue weighted by atomic mass is 10.1. The van der Waals surface area contributed by atoms with Gasteiger partial charge < -0.3 is 25.5 Å². The highest BCUT2D eigenvalue weighted by Gasteiger charge is 2.33. The number of hydrogen-bond acceptors (Lipinski definition) is 7. The predicted octanol–water partition coefficient (Wildman–Crippen LogP) is 1.19. The van der Waals surface area contributed by atoms with Crippen LogP contribution in [0.2, 0.25) is 0 Å². The van der Waals surface area contributed by atoms with Gasteiger partial charge in [0.1, 0.15) is 5.65 Å². The number of hydrogen-bond donors (Lipinski definition) is 3. The molecule has 2 unspecified atom stereocenters. The molecule has 1 aliphatic rings. The van der Waals surface area contributed by atoms with Gasteiger partial charge in [0.05, 0.1) is 35.5 Å². The van der Waals surface area contributed by atoms with Crippen molar-refractivity contribution in [1.82, 2.24) is 19.9 Å². The largest absolute Gasteiger partial charge is 0.394 e. The van der Waals surface area contributed by atoms with Crippen LogP contribution in [0, 0.1) is 0 Å². The van der Waals surface area contributed by atoms with Crippen LogP contribution >= 0.6 is 0 Å². The van der Waals surface area contributed by atoms with Crippen LogP contribution in [-0.4, -0.2) is 57.4 Å². The van der Waals surface area contributed by atoms with Crippen LogP contribution < -0.4 is 10.6 Å². The van der Waals surface area contributed by atoms with Crippen molar-refractivity contribution in [3.8, 4) is 11.3 Å². The Morgan fingerprint density at radius 3 is 2.96 bits per heavy atom. The van der Waals surface area contributed by atoms with Gasteiger partial charge in [-0.2, -0.15) is 0 Å². The van der Waals surface area contributed by atoms with Crippen LogP contribution in [0.4, 0.5) is 11.6 Å². The number of nitrogens with one attached hydrogen (secondary N) is 1. The Balaban J connectivity index is 1.86. The zero-order valence-electron chi connectivity index (χ0n) is 13.9. The molecule has 25 heavy (non-hydrogen) atoms. The van der Waals surface area contributed by atoms with Crippen molar-refractivity contribution in [1.29, 1.82) is 0 Å². The van der Waals surface area contributed by atoms with E-state index >= 15 is 0 Å². The highest BCUT2D eigenvalue weighted by atomic mass is 16.5. The molecule has 4 heterocycles. The fourth-order valence-corrected chi connectivity index (χ4v) is 3.52. The molecule has 4 N–H and O–H groups in total. The Hall–Kier alpha value is -2.71. The number of ether oxygens (including phenoxy) is 1. The molecule has 1 aliphatic heterocycles. The molecule has 3 aromatic rings. The Labute approximate surface area is 144 Å². The third kappa shape index (κ3) is 2.69. The summed E-state index contributed by atoms with van der Waals surface area (Å²) in [6, 6.07) is 3.79. The van der Waals surface area contributed by atoms with Crippen LogP contribution in [0.5, 0.6) is 0 Å². The molecule has 4 rings (SSSR count). The van der Waals surface area contributed by atoms with E-state index in [9.17, 15) is 5.11 Å². The second-order valence-electron chi connectivity index (χ2n) is 6.14. The first-order valence-corrected chi connectivity index (χ1v) is 8.16. The molecule has 8 heteroatoms. The Kier molecular flexibility index (Phi) is 3.98. The zero-order valence-corrected chi connectivity index (χ0v) is 13.9. The number of pyridine rings is 1. The maximum absolute atomic E-state index is 9.80. The summed E-state index contributed by atoms with van der Waals surface area (Å²) in [6.45, 7) is 0.793. The van der Waals surface area contributed by atoms with Gasteiger partial charge in [-0.1, -0.05) is 0 Å². The monoisotopic (exact) mass is 340 g/mol. The van der Waals surface area contributed by atoms with Crippen molar-refractivity contribution in [2.45, 2.75) is 18.6 Å². The van der Waals surface area contributed by atoms with Gasteiger partial charge in [-0.25, -0.2) is 15.0 Å². The number of nitrogen functional groups attached to an aromatic ring is 1. The summed E-state index contributed by atoms with van der Waals surface area (Å²) in [6.07, 6.45) is 6.16. The number of nitrogens with two attached hydrogens (primary N) is 1. The van der Waals surface area contributed by atoms with E-state index in [1.165, 1.54) is 0 Å². The van der Waals surface area contributed by atoms with Gasteiger partial charge in [0.2, 0.25) is 5.95 Å². The second-order valence-corrected chi connectivity index (χ2v) is 6.14. The van der Waals surface area contributed by atoms with Gasteiger partial charge in [-0.15, -0.1) is 0 Å². The molecule has 2 atom stereocenters. The number of aromatic nitrogens is 4. The van der Waals surface area contributed by atoms with Crippen LogP contribution in [-0.2, 0) is 4.74 Å². The third-order valence-corrected chi connectivity index (χ3v) is 4.73. The summed E-state index contributed by atoms with van der Waals surface area (Å²) in [5, 5.41) is 10.8. The highest BCUT2D eigenvalue weighted by molar-refractivity contribution is 6.02. The van der Waals surface area contributed by atoms with Crippen molar-refractivity contribution >= 4 is 22.7 Å². The van der Waals surface area contributed by atoms with Gasteiger partial charge >= 0.3 is 0 Å². The summed E-state index contributed by atoms with van der Waals surface area (Å²) in [7, 11) is 1.70. The van der Waals surface area contributed by atoms with Crippen LogP contribution in [0.3, 0.4) is 0 Å². The maximum Gasteiger partial charge on any atom is 0.220 e. The Morgan fingerprint density at radius 1 is 1.36 bits per heavy atom. The topological polar surface area (TPSA) is 113 Å². The van der Waals surface area contributed by atoms with E-state index in [1.54, 1.807) is 19.5 Å². The van der Waals surface area contributed by atoms with Crippen molar-refractivity contribution in [2.24, 2.45) is 0 Å². The average Bonchev–Trinajstić information content (AvgIpc) is 3.25. The van der Waals surface area contributed by atoms with Gasteiger partial charge in [-0.3, -0.25) is 0 Å². The fraction of sp³-hybridized carbons (Fsp3) is 0.353. The van der Waals surface area contributed by atoms with Crippen molar-refractivity contribution in [2.75, 3.05) is 30.9 Å². The minimum Gasteiger partial charge on any atom is -0.394 e. The summed E-state index contributed by atoms with van der Waals surface area (Å²) in [5.74, 6) is 0.228. The number of fused-ring (bicyclic) bond motifs is 1. The summed E-state index contributed by atoms with van der Waals surface area (Å²) in [4.78, 5) is 18.1. The molecule has 130 valence electrons. The number of nitrogens with zero attached hydrogens (tertiary/aromatic N) is 4. The smallest absolute Gasteiger partial charge is 0.220 e. The number of methoxy groups -OCH3 is 1. The molecule has 0 radical (unpaired) electrons. The van der Waals surface area contributed by atoms with Crippen molar-refractivity contribution in [3.05, 3.63) is 30.7 Å². The standard InChI is InChI=1S/C17H20N6O2/c1-25-11-6-10(9-24)23(8-11)14-3-5-19-16-15(14)12(7-21-16)13-2-4-20-17(18)22-13/h2-5,7,10-11,24H,6,8-9H2,1H3,(H,19,21)(H2,18,20,22). The Bertz CT molecular complexity index is 896. The number of anilines is 2. The summed E-state index contributed by atoms with van der Waals surface area (Å²) < 4.78 is 5.51. The van der Waals surface area contributed by atoms with Gasteiger partial charge in [0.25, 0.3) is 0 Å². The van der Waals surface area contributed by atoms with Crippen molar-refractivity contribution in [3.63, 3.8) is 0 Å². The van der Waals surface area contributed by atoms with E-state index in [1.807, 2.05) is 18.3 Å². The molecule has 1 fully saturated rings. The van der Waals surface area contributed by atoms with Gasteiger partial charge in [-0.05, 0) is 18.6 Å². The first kappa shape index (κ1) is 15.8. The normalized spacial score (nSPS) is 20.5. The molecule has 0 aliphatic carbocycles. The molecule has 8 nitrogen and oxygen atoms in total. The third-order valence-electron chi connectivity index (χ3n) is 4.73. The van der Waals surface area contributed by atoms with Crippen LogP contribution in [0.15, 0.2) is 30.7 Å². The lowest BCUT2D eigenvalue weighted by Crippen LogP contribution is -2.32. The van der Waals surface area contributed by atoms with E-state index in [0.717, 1.165) is 40.9 Å². The molecule has 0 saturated carbocycles. The van der Waals surface area contributed by atoms with Gasteiger partial charge in [0.15, 0.2) is 0 Å². The first-order chi connectivity index (χ1) is 12.2. The molecule has 0 aromatic carbocycles. The minimum absolute atomic E-state index is 0.00812. The number of H-pyrrole nitrogens is 1. The van der Waals surface area contributed by atoms with Crippen LogP contribution in [0.1, 0.15) is 6.42 Å². The average molecular weight is 340 g/mol. The van der Waals surface area contributed by atoms with E-state index in [-0.39, 0.29) is 24.7 Å². The lowest BCUT2D eigenvalue weighted by Gasteiger charge is -2.26. The highest BCUT2D eigenvalue weighted by Crippen LogP contribution is 2.37. The van der Waals surface area contributed by atoms with Crippen molar-refractivity contribution < 1.29 is 9.84 Å². The summed E-state index contributed by atoms with van der Waals surface area (Å²) in [5.41, 5.74) is 9.14. The molecule has 1 saturated heterocycles. The molecular weight excluding hydrogens is 320 g/mol. The molecule has 0 bridgehead atoms. The maximum atomic E-state index is 9.80. The number of aliphatic hydroxyl groups excluding tert-OH is 1. The van der Waals surface area contributed by atoms with Crippen LogP contribution in [0.25, 0.3) is 22.3 Å². The Morgan fingerprint density at radius 2 is 2.20 bits per heavy atom. The zero-order chi connectivity index (χ0) is 17.4. The minimum atomic E-state index is 0.00812. The number of aliphatic hydroxyl groups is 1. The number of rotatable bonds is 4.